The SMILES string of the molecule is CCCCCCCC(N)Cc1cc(F)cc(Br)c1. The fraction of sp³-hybridized carbons (Fsp3) is 0.600. The van der Waals surface area contributed by atoms with Crippen molar-refractivity contribution in [2.24, 2.45) is 5.73 Å². The van der Waals surface area contributed by atoms with E-state index in [0.717, 1.165) is 22.9 Å². The first kappa shape index (κ1) is 15.6. The van der Waals surface area contributed by atoms with Crippen LogP contribution in [0.1, 0.15) is 51.0 Å². The Morgan fingerprint density at radius 3 is 2.56 bits per heavy atom. The van der Waals surface area contributed by atoms with Crippen LogP contribution in [0.4, 0.5) is 4.39 Å². The molecule has 0 radical (unpaired) electrons. The van der Waals surface area contributed by atoms with Crippen LogP contribution in [0.3, 0.4) is 0 Å². The first-order valence-electron chi connectivity index (χ1n) is 6.82. The van der Waals surface area contributed by atoms with Gasteiger partial charge in [-0.1, -0.05) is 55.0 Å². The average molecular weight is 316 g/mol. The third kappa shape index (κ3) is 6.50. The molecule has 3 heteroatoms. The molecule has 102 valence electrons. The minimum absolute atomic E-state index is 0.139. The Bertz CT molecular complexity index is 334. The van der Waals surface area contributed by atoms with Crippen molar-refractivity contribution in [2.45, 2.75) is 57.9 Å². The van der Waals surface area contributed by atoms with E-state index in [1.165, 1.54) is 38.2 Å². The van der Waals surface area contributed by atoms with Gasteiger partial charge in [-0.15, -0.1) is 0 Å². The number of unbranched alkanes of at least 4 members (excludes halogenated alkanes) is 4. The van der Waals surface area contributed by atoms with Crippen LogP contribution in [0.5, 0.6) is 0 Å². The summed E-state index contributed by atoms with van der Waals surface area (Å²) in [7, 11) is 0. The molecule has 0 aliphatic heterocycles. The molecule has 1 rings (SSSR count). The monoisotopic (exact) mass is 315 g/mol. The molecule has 0 aromatic heterocycles. The van der Waals surface area contributed by atoms with Crippen molar-refractivity contribution in [1.29, 1.82) is 0 Å². The molecule has 1 aromatic rings. The first-order chi connectivity index (χ1) is 8.61. The molecule has 0 amide bonds. The highest BCUT2D eigenvalue weighted by atomic mass is 79.9. The Balaban J connectivity index is 2.28. The van der Waals surface area contributed by atoms with Crippen molar-refractivity contribution >= 4 is 15.9 Å². The van der Waals surface area contributed by atoms with E-state index in [9.17, 15) is 4.39 Å². The summed E-state index contributed by atoms with van der Waals surface area (Å²) < 4.78 is 14.0. The molecule has 0 fully saturated rings. The van der Waals surface area contributed by atoms with Crippen LogP contribution in [-0.4, -0.2) is 6.04 Å². The van der Waals surface area contributed by atoms with Crippen LogP contribution >= 0.6 is 15.9 Å². The summed E-state index contributed by atoms with van der Waals surface area (Å²) in [6.07, 6.45) is 8.10. The van der Waals surface area contributed by atoms with Gasteiger partial charge in [0.2, 0.25) is 0 Å². The summed E-state index contributed by atoms with van der Waals surface area (Å²) in [4.78, 5) is 0. The summed E-state index contributed by atoms with van der Waals surface area (Å²) in [5.74, 6) is -0.200. The second-order valence-electron chi connectivity index (χ2n) is 4.94. The van der Waals surface area contributed by atoms with Gasteiger partial charge in [0.1, 0.15) is 5.82 Å². The van der Waals surface area contributed by atoms with Crippen LogP contribution in [-0.2, 0) is 6.42 Å². The van der Waals surface area contributed by atoms with Crippen molar-refractivity contribution in [1.82, 2.24) is 0 Å². The molecule has 0 aliphatic rings. The molecule has 1 nitrogen and oxygen atoms in total. The molecule has 0 aliphatic carbocycles. The van der Waals surface area contributed by atoms with E-state index in [0.29, 0.717) is 0 Å². The van der Waals surface area contributed by atoms with Gasteiger partial charge >= 0.3 is 0 Å². The zero-order valence-electron chi connectivity index (χ0n) is 11.1. The topological polar surface area (TPSA) is 26.0 Å². The predicted molar refractivity (Wildman–Crippen MR) is 79.2 cm³/mol. The maximum atomic E-state index is 13.2. The normalized spacial score (nSPS) is 12.7. The van der Waals surface area contributed by atoms with Crippen molar-refractivity contribution in [2.75, 3.05) is 0 Å². The average Bonchev–Trinajstić information content (AvgIpc) is 2.27. The van der Waals surface area contributed by atoms with E-state index in [2.05, 4.69) is 22.9 Å². The number of benzene rings is 1. The lowest BCUT2D eigenvalue weighted by Crippen LogP contribution is -2.22. The van der Waals surface area contributed by atoms with Crippen molar-refractivity contribution < 1.29 is 4.39 Å². The fourth-order valence-electron chi connectivity index (χ4n) is 2.14. The molecule has 2 N–H and O–H groups in total. The zero-order chi connectivity index (χ0) is 13.4. The van der Waals surface area contributed by atoms with E-state index < -0.39 is 0 Å². The molecule has 0 saturated heterocycles. The van der Waals surface area contributed by atoms with Gasteiger partial charge in [-0.2, -0.15) is 0 Å². The molecule has 0 spiro atoms. The van der Waals surface area contributed by atoms with Crippen LogP contribution in [0, 0.1) is 5.82 Å². The molecule has 0 bridgehead atoms. The van der Waals surface area contributed by atoms with Crippen molar-refractivity contribution in [3.8, 4) is 0 Å². The van der Waals surface area contributed by atoms with Gasteiger partial charge in [0.15, 0.2) is 0 Å². The minimum atomic E-state index is -0.200. The van der Waals surface area contributed by atoms with Gasteiger partial charge in [0.25, 0.3) is 0 Å². The lowest BCUT2D eigenvalue weighted by molar-refractivity contribution is 0.536. The largest absolute Gasteiger partial charge is 0.327 e. The van der Waals surface area contributed by atoms with Gasteiger partial charge in [-0.3, -0.25) is 0 Å². The number of nitrogens with two attached hydrogens (primary N) is 1. The Labute approximate surface area is 118 Å². The molecule has 0 heterocycles. The summed E-state index contributed by atoms with van der Waals surface area (Å²) in [5.41, 5.74) is 7.06. The van der Waals surface area contributed by atoms with E-state index in [-0.39, 0.29) is 11.9 Å². The highest BCUT2D eigenvalue weighted by Crippen LogP contribution is 2.17. The number of rotatable bonds is 8. The van der Waals surface area contributed by atoms with Crippen molar-refractivity contribution in [3.05, 3.63) is 34.1 Å². The highest BCUT2D eigenvalue weighted by molar-refractivity contribution is 9.10. The molecule has 0 saturated carbocycles. The first-order valence-corrected chi connectivity index (χ1v) is 7.61. The van der Waals surface area contributed by atoms with E-state index >= 15 is 0 Å². The third-order valence-corrected chi connectivity index (χ3v) is 3.56. The van der Waals surface area contributed by atoms with E-state index in [1.807, 2.05) is 6.07 Å². The van der Waals surface area contributed by atoms with Crippen LogP contribution in [0.15, 0.2) is 22.7 Å². The summed E-state index contributed by atoms with van der Waals surface area (Å²) in [5, 5.41) is 0. The minimum Gasteiger partial charge on any atom is -0.327 e. The summed E-state index contributed by atoms with van der Waals surface area (Å²) in [6, 6.07) is 5.13. The molecular formula is C15H23BrFN. The van der Waals surface area contributed by atoms with Gasteiger partial charge in [-0.05, 0) is 36.6 Å². The number of halogens is 2. The predicted octanol–water partition coefficient (Wildman–Crippen LogP) is 4.82. The lowest BCUT2D eigenvalue weighted by atomic mass is 10.0. The van der Waals surface area contributed by atoms with Crippen LogP contribution in [0.2, 0.25) is 0 Å². The molecular weight excluding hydrogens is 293 g/mol. The van der Waals surface area contributed by atoms with E-state index in [1.54, 1.807) is 6.07 Å². The van der Waals surface area contributed by atoms with Gasteiger partial charge < -0.3 is 5.73 Å². The lowest BCUT2D eigenvalue weighted by Gasteiger charge is -2.12. The maximum Gasteiger partial charge on any atom is 0.124 e. The molecule has 1 aromatic carbocycles. The van der Waals surface area contributed by atoms with E-state index in [4.69, 9.17) is 5.73 Å². The number of hydrogen-bond acceptors (Lipinski definition) is 1. The second-order valence-corrected chi connectivity index (χ2v) is 5.86. The van der Waals surface area contributed by atoms with Gasteiger partial charge in [-0.25, -0.2) is 4.39 Å². The van der Waals surface area contributed by atoms with Crippen LogP contribution < -0.4 is 5.73 Å². The standard InChI is InChI=1S/C15H23BrFN/c1-2-3-4-5-6-7-15(18)10-12-8-13(16)11-14(17)9-12/h8-9,11,15H,2-7,10,18H2,1H3. The number of hydrogen-bond donors (Lipinski definition) is 1. The van der Waals surface area contributed by atoms with Gasteiger partial charge in [0, 0.05) is 10.5 Å². The molecule has 18 heavy (non-hydrogen) atoms. The Hall–Kier alpha value is -0.410. The maximum absolute atomic E-state index is 13.2. The molecule has 1 atom stereocenters. The second kappa shape index (κ2) is 8.65. The smallest absolute Gasteiger partial charge is 0.124 e. The Morgan fingerprint density at radius 2 is 1.89 bits per heavy atom. The Morgan fingerprint density at radius 1 is 1.17 bits per heavy atom. The summed E-state index contributed by atoms with van der Waals surface area (Å²) in [6.45, 7) is 2.22. The highest BCUT2D eigenvalue weighted by Gasteiger charge is 2.06. The fourth-order valence-corrected chi connectivity index (χ4v) is 2.66. The Kier molecular flexibility index (Phi) is 7.52. The van der Waals surface area contributed by atoms with Crippen LogP contribution in [0.25, 0.3) is 0 Å². The zero-order valence-corrected chi connectivity index (χ0v) is 12.7. The third-order valence-electron chi connectivity index (χ3n) is 3.10. The van der Waals surface area contributed by atoms with Crippen molar-refractivity contribution in [3.63, 3.8) is 0 Å². The van der Waals surface area contributed by atoms with Gasteiger partial charge in [0.05, 0.1) is 0 Å². The molecule has 1 unspecified atom stereocenters. The quantitative estimate of drug-likeness (QED) is 0.684. The summed E-state index contributed by atoms with van der Waals surface area (Å²) >= 11 is 3.30.